The van der Waals surface area contributed by atoms with E-state index in [1.54, 1.807) is 19.1 Å². The molecule has 76 valence electrons. The van der Waals surface area contributed by atoms with Crippen molar-refractivity contribution >= 4 is 12.0 Å². The van der Waals surface area contributed by atoms with E-state index in [0.717, 1.165) is 0 Å². The van der Waals surface area contributed by atoms with Crippen molar-refractivity contribution in [3.63, 3.8) is 0 Å². The summed E-state index contributed by atoms with van der Waals surface area (Å²) < 4.78 is 0. The Morgan fingerprint density at radius 3 is 2.67 bits per heavy atom. The first-order valence-corrected chi connectivity index (χ1v) is 4.19. The number of nitrogens with zero attached hydrogens (tertiary/aromatic N) is 1. The van der Waals surface area contributed by atoms with Crippen molar-refractivity contribution in [2.75, 3.05) is 0 Å². The van der Waals surface area contributed by atoms with Gasteiger partial charge in [-0.3, -0.25) is 0 Å². The Morgan fingerprint density at radius 1 is 1.53 bits per heavy atom. The molecule has 0 bridgehead atoms. The van der Waals surface area contributed by atoms with Crippen LogP contribution in [0.1, 0.15) is 11.1 Å². The summed E-state index contributed by atoms with van der Waals surface area (Å²) in [6, 6.07) is 6.09. The molecule has 0 radical (unpaired) electrons. The summed E-state index contributed by atoms with van der Waals surface area (Å²) in [5.74, 6) is -1.15. The van der Waals surface area contributed by atoms with Gasteiger partial charge in [0.1, 0.15) is 17.4 Å². The van der Waals surface area contributed by atoms with Gasteiger partial charge in [0, 0.05) is 0 Å². The zero-order valence-electron chi connectivity index (χ0n) is 8.06. The first-order valence-electron chi connectivity index (χ1n) is 4.19. The lowest BCUT2D eigenvalue weighted by Gasteiger charge is -2.00. The van der Waals surface area contributed by atoms with Crippen LogP contribution in [-0.4, -0.2) is 16.2 Å². The van der Waals surface area contributed by atoms with Crippen molar-refractivity contribution in [1.29, 1.82) is 5.26 Å². The maximum Gasteiger partial charge on any atom is 0.346 e. The molecule has 0 aliphatic rings. The number of aromatic hydroxyl groups is 1. The number of carboxylic acid groups (broad SMARTS) is 1. The van der Waals surface area contributed by atoms with E-state index in [0.29, 0.717) is 11.1 Å². The molecule has 1 aromatic carbocycles. The number of nitriles is 1. The third-order valence-electron chi connectivity index (χ3n) is 1.90. The van der Waals surface area contributed by atoms with Gasteiger partial charge in [0.05, 0.1) is 0 Å². The third-order valence-corrected chi connectivity index (χ3v) is 1.90. The monoisotopic (exact) mass is 203 g/mol. The van der Waals surface area contributed by atoms with Gasteiger partial charge in [0.2, 0.25) is 0 Å². The zero-order valence-corrected chi connectivity index (χ0v) is 8.06. The molecule has 1 aromatic rings. The number of phenols is 1. The fraction of sp³-hybridized carbons (Fsp3) is 0.0909. The number of benzene rings is 1. The second-order valence-electron chi connectivity index (χ2n) is 3.02. The van der Waals surface area contributed by atoms with Gasteiger partial charge in [0.25, 0.3) is 0 Å². The van der Waals surface area contributed by atoms with Gasteiger partial charge >= 0.3 is 5.97 Å². The Kier molecular flexibility index (Phi) is 3.09. The summed E-state index contributed by atoms with van der Waals surface area (Å²) in [6.45, 7) is 1.72. The number of rotatable bonds is 2. The van der Waals surface area contributed by atoms with Crippen molar-refractivity contribution in [2.24, 2.45) is 0 Å². The van der Waals surface area contributed by atoms with Gasteiger partial charge in [-0.05, 0) is 36.3 Å². The zero-order chi connectivity index (χ0) is 11.4. The number of aliphatic carboxylic acids is 1. The van der Waals surface area contributed by atoms with Crippen LogP contribution in [0, 0.1) is 18.3 Å². The molecule has 0 spiro atoms. The van der Waals surface area contributed by atoms with Crippen LogP contribution >= 0.6 is 0 Å². The number of carbonyl (C=O) groups is 1. The Morgan fingerprint density at radius 2 is 2.20 bits per heavy atom. The van der Waals surface area contributed by atoms with Crippen LogP contribution in [-0.2, 0) is 4.79 Å². The summed E-state index contributed by atoms with van der Waals surface area (Å²) in [5.41, 5.74) is 0.986. The Bertz CT molecular complexity index is 469. The second-order valence-corrected chi connectivity index (χ2v) is 3.02. The normalized spacial score (nSPS) is 10.8. The summed E-state index contributed by atoms with van der Waals surface area (Å²) in [7, 11) is 0. The second kappa shape index (κ2) is 4.29. The molecule has 0 aromatic heterocycles. The van der Waals surface area contributed by atoms with E-state index in [4.69, 9.17) is 15.5 Å². The molecular formula is C11H9NO3. The average Bonchev–Trinajstić information content (AvgIpc) is 2.16. The molecule has 0 fully saturated rings. The molecule has 0 heterocycles. The van der Waals surface area contributed by atoms with Crippen molar-refractivity contribution < 1.29 is 15.0 Å². The lowest BCUT2D eigenvalue weighted by molar-refractivity contribution is -0.132. The van der Waals surface area contributed by atoms with Crippen molar-refractivity contribution in [1.82, 2.24) is 0 Å². The Labute approximate surface area is 86.7 Å². The van der Waals surface area contributed by atoms with Crippen molar-refractivity contribution in [2.45, 2.75) is 6.92 Å². The molecule has 0 saturated heterocycles. The molecule has 15 heavy (non-hydrogen) atoms. The van der Waals surface area contributed by atoms with Crippen LogP contribution in [0.4, 0.5) is 0 Å². The predicted octanol–water partition coefficient (Wildman–Crippen LogP) is 1.69. The summed E-state index contributed by atoms with van der Waals surface area (Å²) in [6.07, 6.45) is 1.27. The van der Waals surface area contributed by atoms with Gasteiger partial charge in [-0.25, -0.2) is 4.79 Å². The minimum atomic E-state index is -1.26. The van der Waals surface area contributed by atoms with E-state index < -0.39 is 5.97 Å². The molecule has 0 aliphatic heterocycles. The highest BCUT2D eigenvalue weighted by atomic mass is 16.4. The fourth-order valence-corrected chi connectivity index (χ4v) is 1.12. The largest absolute Gasteiger partial charge is 0.508 e. The summed E-state index contributed by atoms with van der Waals surface area (Å²) in [4.78, 5) is 10.6. The standard InChI is InChI=1S/C11H9NO3/c1-7-4-10(13)3-2-8(7)5-9(6-12)11(14)15/h2-5,13H,1H3,(H,14,15). The van der Waals surface area contributed by atoms with Crippen molar-refractivity contribution in [3.8, 4) is 11.8 Å². The third kappa shape index (κ3) is 2.58. The van der Waals surface area contributed by atoms with Gasteiger partial charge < -0.3 is 10.2 Å². The average molecular weight is 203 g/mol. The minimum Gasteiger partial charge on any atom is -0.508 e. The molecule has 2 N–H and O–H groups in total. The van der Waals surface area contributed by atoms with E-state index in [1.165, 1.54) is 18.2 Å². The first kappa shape index (κ1) is 10.8. The molecule has 4 nitrogen and oxygen atoms in total. The topological polar surface area (TPSA) is 81.3 Å². The van der Waals surface area contributed by atoms with Crippen LogP contribution < -0.4 is 0 Å². The van der Waals surface area contributed by atoms with Gasteiger partial charge in [-0.15, -0.1) is 0 Å². The molecule has 0 unspecified atom stereocenters. The van der Waals surface area contributed by atoms with Crippen LogP contribution in [0.5, 0.6) is 5.75 Å². The molecular weight excluding hydrogens is 194 g/mol. The van der Waals surface area contributed by atoms with E-state index in [1.807, 2.05) is 0 Å². The van der Waals surface area contributed by atoms with Gasteiger partial charge in [0.15, 0.2) is 0 Å². The molecule has 0 atom stereocenters. The van der Waals surface area contributed by atoms with Gasteiger partial charge in [-0.1, -0.05) is 6.07 Å². The van der Waals surface area contributed by atoms with Crippen LogP contribution in [0.3, 0.4) is 0 Å². The highest BCUT2D eigenvalue weighted by Gasteiger charge is 2.06. The quantitative estimate of drug-likeness (QED) is 0.566. The maximum atomic E-state index is 10.6. The van der Waals surface area contributed by atoms with Crippen LogP contribution in [0.25, 0.3) is 6.08 Å². The maximum absolute atomic E-state index is 10.6. The SMILES string of the molecule is Cc1cc(O)ccc1C=C(C#N)C(=O)O. The van der Waals surface area contributed by atoms with E-state index >= 15 is 0 Å². The first-order chi connectivity index (χ1) is 7.04. The lowest BCUT2D eigenvalue weighted by atomic mass is 10.1. The minimum absolute atomic E-state index is 0.110. The smallest absolute Gasteiger partial charge is 0.346 e. The number of hydrogen-bond acceptors (Lipinski definition) is 3. The highest BCUT2D eigenvalue weighted by molar-refractivity contribution is 5.96. The Balaban J connectivity index is 3.19. The summed E-state index contributed by atoms with van der Waals surface area (Å²) >= 11 is 0. The Hall–Kier alpha value is -2.28. The molecule has 0 amide bonds. The number of carboxylic acids is 1. The predicted molar refractivity (Wildman–Crippen MR) is 54.1 cm³/mol. The van der Waals surface area contributed by atoms with Gasteiger partial charge in [-0.2, -0.15) is 5.26 Å². The molecule has 1 rings (SSSR count). The van der Waals surface area contributed by atoms with E-state index in [-0.39, 0.29) is 11.3 Å². The lowest BCUT2D eigenvalue weighted by Crippen LogP contribution is -1.97. The number of phenolic OH excluding ortho intramolecular Hbond substituents is 1. The summed E-state index contributed by atoms with van der Waals surface area (Å²) in [5, 5.41) is 26.3. The van der Waals surface area contributed by atoms with E-state index in [9.17, 15) is 4.79 Å². The number of hydrogen-bond donors (Lipinski definition) is 2. The molecule has 0 saturated carbocycles. The fourth-order valence-electron chi connectivity index (χ4n) is 1.12. The van der Waals surface area contributed by atoms with Crippen molar-refractivity contribution in [3.05, 3.63) is 34.9 Å². The molecule has 0 aliphatic carbocycles. The van der Waals surface area contributed by atoms with Crippen LogP contribution in [0.15, 0.2) is 23.8 Å². The highest BCUT2D eigenvalue weighted by Crippen LogP contribution is 2.18. The molecule has 4 heteroatoms. The van der Waals surface area contributed by atoms with Crippen LogP contribution in [0.2, 0.25) is 0 Å². The number of aryl methyl sites for hydroxylation is 1. The van der Waals surface area contributed by atoms with E-state index in [2.05, 4.69) is 0 Å².